The van der Waals surface area contributed by atoms with Crippen LogP contribution in [0.4, 0.5) is 10.6 Å². The Morgan fingerprint density at radius 2 is 2.12 bits per heavy atom. The zero-order chi connectivity index (χ0) is 23.4. The van der Waals surface area contributed by atoms with Gasteiger partial charge < -0.3 is 19.9 Å². The summed E-state index contributed by atoms with van der Waals surface area (Å²) in [5.74, 6) is 0.900. The summed E-state index contributed by atoms with van der Waals surface area (Å²) < 4.78 is 7.20. The van der Waals surface area contributed by atoms with Crippen LogP contribution in [-0.4, -0.2) is 76.8 Å². The highest BCUT2D eigenvalue weighted by Gasteiger charge is 2.33. The molecule has 2 aromatic rings. The zero-order valence-electron chi connectivity index (χ0n) is 19.6. The summed E-state index contributed by atoms with van der Waals surface area (Å²) in [6, 6.07) is 3.82. The van der Waals surface area contributed by atoms with Gasteiger partial charge in [-0.3, -0.25) is 4.79 Å². The Kier molecular flexibility index (Phi) is 8.69. The Balaban J connectivity index is 0.00000324. The Morgan fingerprint density at radius 1 is 1.29 bits per heavy atom. The van der Waals surface area contributed by atoms with Gasteiger partial charge in [0.1, 0.15) is 24.7 Å². The molecular weight excluding hydrogens is 458 g/mol. The summed E-state index contributed by atoms with van der Waals surface area (Å²) in [6.07, 6.45) is 5.98. The van der Waals surface area contributed by atoms with Gasteiger partial charge in [-0.05, 0) is 50.8 Å². The molecule has 4 rings (SSSR count). The Hall–Kier alpha value is -2.90. The summed E-state index contributed by atoms with van der Waals surface area (Å²) in [5.41, 5.74) is 0.504. The molecule has 0 radical (unpaired) electrons. The minimum atomic E-state index is -0.427. The lowest BCUT2D eigenvalue weighted by Gasteiger charge is -2.42. The number of nitriles is 1. The number of hydrogen-bond donors (Lipinski definition) is 1. The molecule has 1 unspecified atom stereocenters. The fourth-order valence-corrected chi connectivity index (χ4v) is 4.79. The van der Waals surface area contributed by atoms with Crippen molar-refractivity contribution in [3.05, 3.63) is 18.6 Å². The number of nitrogens with zero attached hydrogens (tertiary/aromatic N) is 6. The van der Waals surface area contributed by atoms with Gasteiger partial charge in [-0.2, -0.15) is 5.26 Å². The molecule has 10 nitrogen and oxygen atoms in total. The first-order valence-electron chi connectivity index (χ1n) is 11.6. The maximum absolute atomic E-state index is 12.9. The predicted octanol–water partition coefficient (Wildman–Crippen LogP) is 2.57. The maximum Gasteiger partial charge on any atom is 0.419 e. The highest BCUT2D eigenvalue weighted by Crippen LogP contribution is 2.30. The number of hydrogen-bond acceptors (Lipinski definition) is 8. The van der Waals surface area contributed by atoms with Crippen molar-refractivity contribution in [1.82, 2.24) is 24.8 Å². The lowest BCUT2D eigenvalue weighted by molar-refractivity contribution is -0.131. The van der Waals surface area contributed by atoms with Crippen LogP contribution in [-0.2, 0) is 9.53 Å². The Labute approximate surface area is 205 Å². The highest BCUT2D eigenvalue weighted by atomic mass is 35.5. The second kappa shape index (κ2) is 11.5. The number of aromatic nitrogens is 3. The molecule has 0 aromatic carbocycles. The van der Waals surface area contributed by atoms with E-state index >= 15 is 0 Å². The number of likely N-dealkylation sites (tertiary alicyclic amines) is 1. The van der Waals surface area contributed by atoms with Gasteiger partial charge in [-0.15, -0.1) is 12.4 Å². The monoisotopic (exact) mass is 489 g/mol. The molecular formula is C23H32ClN7O3. The number of piperidine rings is 1. The fraction of sp³-hybridized carbons (Fsp3) is 0.609. The molecule has 0 spiro atoms. The maximum atomic E-state index is 12.9. The molecule has 0 bridgehead atoms. The van der Waals surface area contributed by atoms with Crippen molar-refractivity contribution in [2.45, 2.75) is 51.2 Å². The van der Waals surface area contributed by atoms with E-state index in [1.54, 1.807) is 11.1 Å². The third kappa shape index (κ3) is 5.42. The molecule has 2 aliphatic heterocycles. The number of carbonyl (C=O) groups is 2. The van der Waals surface area contributed by atoms with Crippen molar-refractivity contribution in [3.8, 4) is 6.07 Å². The molecule has 34 heavy (non-hydrogen) atoms. The van der Waals surface area contributed by atoms with Gasteiger partial charge in [0.15, 0.2) is 5.65 Å². The van der Waals surface area contributed by atoms with E-state index in [4.69, 9.17) is 10.00 Å². The molecule has 3 atom stereocenters. The summed E-state index contributed by atoms with van der Waals surface area (Å²) >= 11 is 0. The van der Waals surface area contributed by atoms with Gasteiger partial charge in [0.25, 0.3) is 0 Å². The van der Waals surface area contributed by atoms with E-state index in [1.807, 2.05) is 19.2 Å². The molecule has 0 saturated carbocycles. The quantitative estimate of drug-likeness (QED) is 0.696. The van der Waals surface area contributed by atoms with Crippen molar-refractivity contribution < 1.29 is 14.3 Å². The van der Waals surface area contributed by atoms with Crippen LogP contribution in [0, 0.1) is 17.2 Å². The van der Waals surface area contributed by atoms with Crippen molar-refractivity contribution in [1.29, 1.82) is 5.26 Å². The van der Waals surface area contributed by atoms with Gasteiger partial charge in [-0.1, -0.05) is 6.92 Å². The molecule has 2 aliphatic rings. The summed E-state index contributed by atoms with van der Waals surface area (Å²) in [7, 11) is 1.95. The normalized spacial score (nSPS) is 22.9. The molecule has 1 N–H and O–H groups in total. The second-order valence-electron chi connectivity index (χ2n) is 8.93. The van der Waals surface area contributed by atoms with Crippen LogP contribution < -0.4 is 10.2 Å². The van der Waals surface area contributed by atoms with Gasteiger partial charge in [-0.25, -0.2) is 19.3 Å². The number of carbonyl (C=O) groups excluding carboxylic acids is 2. The van der Waals surface area contributed by atoms with E-state index in [0.29, 0.717) is 30.5 Å². The van der Waals surface area contributed by atoms with E-state index in [9.17, 15) is 9.59 Å². The van der Waals surface area contributed by atoms with Crippen molar-refractivity contribution in [3.63, 3.8) is 0 Å². The number of ether oxygens (including phenoxy) is 1. The standard InChI is InChI=1S/C23H31N7O3.ClH/c1-16-7-12-29(20(31)5-9-24)14-19(16)28(2)21-18-8-13-30(22(18)27-15-26-21)23(32)33-17-4-3-10-25-11-6-17;/h8,13,15-17,19,25H,3-7,10-12,14H2,1-2H3;1H/t16-,17?,19+;/m1./s1. The topological polar surface area (TPSA) is 116 Å². The predicted molar refractivity (Wildman–Crippen MR) is 130 cm³/mol. The van der Waals surface area contributed by atoms with Gasteiger partial charge in [0.05, 0.1) is 17.5 Å². The number of fused-ring (bicyclic) bond motifs is 1. The first-order valence-corrected chi connectivity index (χ1v) is 11.6. The number of amides is 1. The molecule has 11 heteroatoms. The fourth-order valence-electron chi connectivity index (χ4n) is 4.79. The Bertz CT molecular complexity index is 1040. The van der Waals surface area contributed by atoms with E-state index in [2.05, 4.69) is 27.1 Å². The van der Waals surface area contributed by atoms with Crippen LogP contribution >= 0.6 is 12.4 Å². The van der Waals surface area contributed by atoms with Crippen LogP contribution in [0.15, 0.2) is 18.6 Å². The molecule has 1 amide bonds. The lowest BCUT2D eigenvalue weighted by atomic mass is 9.92. The minimum Gasteiger partial charge on any atom is -0.446 e. The van der Waals surface area contributed by atoms with E-state index in [1.165, 1.54) is 10.9 Å². The SMILES string of the molecule is C[C@@H]1CCN(C(=O)CC#N)C[C@@H]1N(C)c1ncnc2c1ccn2C(=O)OC1CCCNCC1.Cl. The second-order valence-corrected chi connectivity index (χ2v) is 8.93. The van der Waals surface area contributed by atoms with E-state index < -0.39 is 6.09 Å². The number of halogens is 1. The average Bonchev–Trinajstić information content (AvgIpc) is 3.09. The lowest BCUT2D eigenvalue weighted by Crippen LogP contribution is -2.52. The molecule has 184 valence electrons. The molecule has 2 aromatic heterocycles. The minimum absolute atomic E-state index is 0. The van der Waals surface area contributed by atoms with E-state index in [-0.39, 0.29) is 36.9 Å². The van der Waals surface area contributed by atoms with Crippen molar-refractivity contribution >= 4 is 41.3 Å². The molecule has 0 aliphatic carbocycles. The number of likely N-dealkylation sites (N-methyl/N-ethyl adjacent to an activating group) is 1. The van der Waals surface area contributed by atoms with Gasteiger partial charge in [0, 0.05) is 26.3 Å². The van der Waals surface area contributed by atoms with E-state index in [0.717, 1.165) is 44.2 Å². The zero-order valence-corrected chi connectivity index (χ0v) is 20.5. The van der Waals surface area contributed by atoms with Gasteiger partial charge in [0.2, 0.25) is 5.91 Å². The largest absolute Gasteiger partial charge is 0.446 e. The summed E-state index contributed by atoms with van der Waals surface area (Å²) in [4.78, 5) is 37.9. The summed E-state index contributed by atoms with van der Waals surface area (Å²) in [6.45, 7) is 5.14. The van der Waals surface area contributed by atoms with Crippen LogP contribution in [0.3, 0.4) is 0 Å². The third-order valence-electron chi connectivity index (χ3n) is 6.78. The third-order valence-corrected chi connectivity index (χ3v) is 6.78. The molecule has 2 fully saturated rings. The first-order chi connectivity index (χ1) is 16.0. The number of rotatable bonds is 4. The highest BCUT2D eigenvalue weighted by molar-refractivity contribution is 5.93. The smallest absolute Gasteiger partial charge is 0.419 e. The number of nitrogens with one attached hydrogen (secondary N) is 1. The van der Waals surface area contributed by atoms with Crippen LogP contribution in [0.1, 0.15) is 39.0 Å². The Morgan fingerprint density at radius 3 is 2.91 bits per heavy atom. The first kappa shape index (κ1) is 25.7. The van der Waals surface area contributed by atoms with Crippen molar-refractivity contribution in [2.24, 2.45) is 5.92 Å². The van der Waals surface area contributed by atoms with Crippen LogP contribution in [0.5, 0.6) is 0 Å². The molecule has 2 saturated heterocycles. The van der Waals surface area contributed by atoms with Gasteiger partial charge >= 0.3 is 6.09 Å². The molecule has 4 heterocycles. The van der Waals surface area contributed by atoms with Crippen LogP contribution in [0.2, 0.25) is 0 Å². The van der Waals surface area contributed by atoms with Crippen LogP contribution in [0.25, 0.3) is 11.0 Å². The average molecular weight is 490 g/mol. The van der Waals surface area contributed by atoms with Crippen molar-refractivity contribution in [2.75, 3.05) is 38.1 Å². The number of anilines is 1. The summed E-state index contributed by atoms with van der Waals surface area (Å²) in [5, 5.41) is 13.0.